The van der Waals surface area contributed by atoms with Crippen LogP contribution in [0, 0.1) is 11.7 Å². The van der Waals surface area contributed by atoms with Gasteiger partial charge in [0, 0.05) is 19.8 Å². The second kappa shape index (κ2) is 6.91. The molecule has 23 heavy (non-hydrogen) atoms. The zero-order valence-corrected chi connectivity index (χ0v) is 14.1. The zero-order valence-electron chi connectivity index (χ0n) is 12.5. The Morgan fingerprint density at radius 2 is 2.00 bits per heavy atom. The molecule has 6 nitrogen and oxygen atoms in total. The van der Waals surface area contributed by atoms with Crippen LogP contribution in [0.4, 0.5) is 4.39 Å². The molecule has 0 saturated carbocycles. The zero-order chi connectivity index (χ0) is 17.1. The number of benzene rings is 1. The third-order valence-corrected chi connectivity index (χ3v) is 3.86. The number of carboxylic acid groups (broad SMARTS) is 1. The highest BCUT2D eigenvalue weighted by atomic mass is 79.9. The van der Waals surface area contributed by atoms with Gasteiger partial charge in [0.15, 0.2) is 5.69 Å². The van der Waals surface area contributed by atoms with Gasteiger partial charge in [-0.1, -0.05) is 6.92 Å². The van der Waals surface area contributed by atoms with E-state index in [4.69, 9.17) is 5.11 Å². The van der Waals surface area contributed by atoms with E-state index >= 15 is 0 Å². The normalized spacial score (nSPS) is 12.0. The first-order valence-corrected chi connectivity index (χ1v) is 7.58. The van der Waals surface area contributed by atoms with Crippen molar-refractivity contribution in [3.05, 3.63) is 46.4 Å². The Morgan fingerprint density at radius 1 is 1.39 bits per heavy atom. The second-order valence-corrected chi connectivity index (χ2v) is 6.03. The number of aliphatic carboxylic acids is 1. The molecule has 0 aliphatic rings. The average Bonchev–Trinajstić information content (AvgIpc) is 2.88. The van der Waals surface area contributed by atoms with E-state index in [0.29, 0.717) is 10.2 Å². The molecule has 1 aromatic heterocycles. The summed E-state index contributed by atoms with van der Waals surface area (Å²) in [6.45, 7) is 1.60. The quantitative estimate of drug-likeness (QED) is 0.860. The third kappa shape index (κ3) is 3.95. The molecule has 0 saturated heterocycles. The Morgan fingerprint density at radius 3 is 2.57 bits per heavy atom. The van der Waals surface area contributed by atoms with Crippen molar-refractivity contribution in [1.29, 1.82) is 0 Å². The first-order valence-electron chi connectivity index (χ1n) is 6.79. The minimum Gasteiger partial charge on any atom is -0.481 e. The SMILES string of the molecule is CC(CN(C)C(=O)c1nn(-c2ccc(F)cc2)cc1Br)C(=O)O. The van der Waals surface area contributed by atoms with Crippen molar-refractivity contribution in [2.24, 2.45) is 5.92 Å². The van der Waals surface area contributed by atoms with Crippen molar-refractivity contribution in [3.63, 3.8) is 0 Å². The van der Waals surface area contributed by atoms with Crippen molar-refractivity contribution in [2.75, 3.05) is 13.6 Å². The fourth-order valence-corrected chi connectivity index (χ4v) is 2.42. The summed E-state index contributed by atoms with van der Waals surface area (Å²) < 4.78 is 14.9. The van der Waals surface area contributed by atoms with E-state index in [9.17, 15) is 14.0 Å². The third-order valence-electron chi connectivity index (χ3n) is 3.28. The lowest BCUT2D eigenvalue weighted by Crippen LogP contribution is -2.34. The van der Waals surface area contributed by atoms with E-state index in [1.165, 1.54) is 35.7 Å². The van der Waals surface area contributed by atoms with Crippen LogP contribution in [0.3, 0.4) is 0 Å². The van der Waals surface area contributed by atoms with Crippen molar-refractivity contribution in [1.82, 2.24) is 14.7 Å². The van der Waals surface area contributed by atoms with Crippen molar-refractivity contribution in [3.8, 4) is 5.69 Å². The fourth-order valence-electron chi connectivity index (χ4n) is 1.98. The molecule has 1 N–H and O–H groups in total. The standard InChI is InChI=1S/C15H15BrFN3O3/c1-9(15(22)23)7-19(2)14(21)13-12(16)8-20(18-13)11-5-3-10(17)4-6-11/h3-6,8-9H,7H2,1-2H3,(H,22,23). The predicted molar refractivity (Wildman–Crippen MR) is 85.0 cm³/mol. The highest BCUT2D eigenvalue weighted by molar-refractivity contribution is 9.10. The molecular formula is C15H15BrFN3O3. The van der Waals surface area contributed by atoms with Crippen LogP contribution in [-0.2, 0) is 4.79 Å². The Balaban J connectivity index is 2.21. The van der Waals surface area contributed by atoms with Gasteiger partial charge in [-0.3, -0.25) is 9.59 Å². The number of rotatable bonds is 5. The van der Waals surface area contributed by atoms with Crippen LogP contribution in [-0.4, -0.2) is 45.3 Å². The van der Waals surface area contributed by atoms with Crippen LogP contribution < -0.4 is 0 Å². The number of nitrogens with zero attached hydrogens (tertiary/aromatic N) is 3. The Bertz CT molecular complexity index is 730. The maximum Gasteiger partial charge on any atom is 0.308 e. The van der Waals surface area contributed by atoms with Crippen LogP contribution in [0.5, 0.6) is 0 Å². The first kappa shape index (κ1) is 17.1. The number of hydrogen-bond donors (Lipinski definition) is 1. The van der Waals surface area contributed by atoms with Crippen LogP contribution in [0.1, 0.15) is 17.4 Å². The summed E-state index contributed by atoms with van der Waals surface area (Å²) in [6, 6.07) is 5.68. The molecule has 0 aliphatic carbocycles. The van der Waals surface area contributed by atoms with Gasteiger partial charge in [0.25, 0.3) is 5.91 Å². The number of carbonyl (C=O) groups excluding carboxylic acids is 1. The smallest absolute Gasteiger partial charge is 0.308 e. The molecule has 2 aromatic rings. The largest absolute Gasteiger partial charge is 0.481 e. The Labute approximate surface area is 140 Å². The Kier molecular flexibility index (Phi) is 5.15. The minimum atomic E-state index is -0.972. The molecule has 1 heterocycles. The van der Waals surface area contributed by atoms with Gasteiger partial charge in [0.05, 0.1) is 16.1 Å². The summed E-state index contributed by atoms with van der Waals surface area (Å²) in [6.07, 6.45) is 1.59. The second-order valence-electron chi connectivity index (χ2n) is 5.17. The van der Waals surface area contributed by atoms with Gasteiger partial charge < -0.3 is 10.0 Å². The van der Waals surface area contributed by atoms with E-state index < -0.39 is 17.8 Å². The molecular weight excluding hydrogens is 369 g/mol. The van der Waals surface area contributed by atoms with Gasteiger partial charge in [-0.25, -0.2) is 9.07 Å². The van der Waals surface area contributed by atoms with Crippen molar-refractivity contribution < 1.29 is 19.1 Å². The lowest BCUT2D eigenvalue weighted by atomic mass is 10.2. The maximum atomic E-state index is 13.0. The number of amides is 1. The number of aromatic nitrogens is 2. The molecule has 1 aromatic carbocycles. The molecule has 0 spiro atoms. The van der Waals surface area contributed by atoms with E-state index in [-0.39, 0.29) is 18.1 Å². The molecule has 0 aliphatic heterocycles. The molecule has 8 heteroatoms. The lowest BCUT2D eigenvalue weighted by Gasteiger charge is -2.18. The number of halogens is 2. The van der Waals surface area contributed by atoms with E-state index in [2.05, 4.69) is 21.0 Å². The number of carbonyl (C=O) groups is 2. The first-order chi connectivity index (χ1) is 10.8. The van der Waals surface area contributed by atoms with Crippen molar-refractivity contribution >= 4 is 27.8 Å². The van der Waals surface area contributed by atoms with Crippen LogP contribution >= 0.6 is 15.9 Å². The molecule has 2 rings (SSSR count). The predicted octanol–water partition coefficient (Wildman–Crippen LogP) is 2.57. The molecule has 1 unspecified atom stereocenters. The molecule has 122 valence electrons. The summed E-state index contributed by atoms with van der Waals surface area (Å²) in [7, 11) is 1.52. The minimum absolute atomic E-state index is 0.0734. The van der Waals surface area contributed by atoms with Crippen LogP contribution in [0.15, 0.2) is 34.9 Å². The topological polar surface area (TPSA) is 75.4 Å². The highest BCUT2D eigenvalue weighted by Gasteiger charge is 2.23. The van der Waals surface area contributed by atoms with E-state index in [1.807, 2.05) is 0 Å². The van der Waals surface area contributed by atoms with E-state index in [0.717, 1.165) is 0 Å². The summed E-state index contributed by atoms with van der Waals surface area (Å²) in [5.41, 5.74) is 0.766. The van der Waals surface area contributed by atoms with Crippen LogP contribution in [0.25, 0.3) is 5.69 Å². The van der Waals surface area contributed by atoms with Gasteiger partial charge in [0.2, 0.25) is 0 Å². The summed E-state index contributed by atoms with van der Waals surface area (Å²) in [4.78, 5) is 24.6. The fraction of sp³-hybridized carbons (Fsp3) is 0.267. The van der Waals surface area contributed by atoms with Gasteiger partial charge in [-0.15, -0.1) is 0 Å². The molecule has 0 fully saturated rings. The van der Waals surface area contributed by atoms with Gasteiger partial charge in [0.1, 0.15) is 5.82 Å². The molecule has 1 atom stereocenters. The summed E-state index contributed by atoms with van der Waals surface area (Å²) in [5, 5.41) is 13.1. The Hall–Kier alpha value is -2.22. The number of hydrogen-bond acceptors (Lipinski definition) is 3. The molecule has 0 radical (unpaired) electrons. The highest BCUT2D eigenvalue weighted by Crippen LogP contribution is 2.20. The average molecular weight is 384 g/mol. The monoisotopic (exact) mass is 383 g/mol. The van der Waals surface area contributed by atoms with Crippen LogP contribution in [0.2, 0.25) is 0 Å². The van der Waals surface area contributed by atoms with Crippen molar-refractivity contribution in [2.45, 2.75) is 6.92 Å². The summed E-state index contributed by atoms with van der Waals surface area (Å²) in [5.74, 6) is -2.41. The molecule has 0 bridgehead atoms. The van der Waals surface area contributed by atoms with Gasteiger partial charge in [-0.05, 0) is 40.2 Å². The van der Waals surface area contributed by atoms with E-state index in [1.54, 1.807) is 18.3 Å². The molecule has 1 amide bonds. The van der Waals surface area contributed by atoms with Gasteiger partial charge in [-0.2, -0.15) is 5.10 Å². The summed E-state index contributed by atoms with van der Waals surface area (Å²) >= 11 is 3.27. The lowest BCUT2D eigenvalue weighted by molar-refractivity contribution is -0.141. The number of carboxylic acids is 1. The maximum absolute atomic E-state index is 13.0. The van der Waals surface area contributed by atoms with Gasteiger partial charge >= 0.3 is 5.97 Å².